The van der Waals surface area contributed by atoms with Crippen LogP contribution in [0.3, 0.4) is 0 Å². The van der Waals surface area contributed by atoms with E-state index in [1.165, 1.54) is 7.11 Å². The number of ether oxygens (including phenoxy) is 1. The fourth-order valence-electron chi connectivity index (χ4n) is 1.07. The topological polar surface area (TPSA) is 70.3 Å². The molecule has 0 bridgehead atoms. The minimum absolute atomic E-state index is 0.248. The largest absolute Gasteiger partial charge is 0.497 e. The lowest BCUT2D eigenvalue weighted by atomic mass is 10.1. The Morgan fingerprint density at radius 3 is 2.81 bits per heavy atom. The van der Waals surface area contributed by atoms with Gasteiger partial charge >= 0.3 is 5.97 Å². The Bertz CT molecular complexity index is 503. The molecule has 1 aromatic carbocycles. The van der Waals surface area contributed by atoms with E-state index >= 15 is 0 Å². The highest BCUT2D eigenvalue weighted by Crippen LogP contribution is 2.16. The zero-order valence-corrected chi connectivity index (χ0v) is 8.65. The van der Waals surface area contributed by atoms with Crippen molar-refractivity contribution in [1.82, 2.24) is 0 Å². The van der Waals surface area contributed by atoms with Crippen LogP contribution in [0.2, 0.25) is 0 Å². The van der Waals surface area contributed by atoms with E-state index in [9.17, 15) is 4.79 Å². The van der Waals surface area contributed by atoms with Crippen LogP contribution in [0.25, 0.3) is 0 Å². The van der Waals surface area contributed by atoms with Crippen molar-refractivity contribution in [2.45, 2.75) is 6.42 Å². The summed E-state index contributed by atoms with van der Waals surface area (Å²) in [6.45, 7) is 0. The number of nitriles is 1. The van der Waals surface area contributed by atoms with Gasteiger partial charge in [-0.3, -0.25) is 4.79 Å². The van der Waals surface area contributed by atoms with Crippen LogP contribution in [0.1, 0.15) is 17.5 Å². The summed E-state index contributed by atoms with van der Waals surface area (Å²) in [5, 5.41) is 17.2. The monoisotopic (exact) mass is 215 g/mol. The average molecular weight is 215 g/mol. The first-order valence-corrected chi connectivity index (χ1v) is 4.46. The summed E-state index contributed by atoms with van der Waals surface area (Å²) in [5.41, 5.74) is 0.877. The van der Waals surface area contributed by atoms with E-state index in [0.717, 1.165) is 0 Å². The number of hydrogen-bond acceptors (Lipinski definition) is 3. The van der Waals surface area contributed by atoms with E-state index in [1.807, 2.05) is 6.07 Å². The Morgan fingerprint density at radius 1 is 1.50 bits per heavy atom. The van der Waals surface area contributed by atoms with Crippen LogP contribution in [0.4, 0.5) is 0 Å². The molecule has 0 radical (unpaired) electrons. The summed E-state index contributed by atoms with van der Waals surface area (Å²) in [6, 6.07) is 6.82. The Morgan fingerprint density at radius 2 is 2.25 bits per heavy atom. The number of hydrogen-bond donors (Lipinski definition) is 1. The standard InChI is InChI=1S/C12H9NO3/c1-16-11-6-5-10(8-13)9(7-11)3-2-4-12(14)15/h5-7H,4H2,1H3,(H,14,15). The van der Waals surface area contributed by atoms with Crippen molar-refractivity contribution in [1.29, 1.82) is 5.26 Å². The highest BCUT2D eigenvalue weighted by Gasteiger charge is 2.01. The van der Waals surface area contributed by atoms with Crippen LogP contribution in [0.5, 0.6) is 5.75 Å². The maximum atomic E-state index is 10.3. The molecule has 1 N–H and O–H groups in total. The molecule has 0 heterocycles. The number of carboxylic acids is 1. The van der Waals surface area contributed by atoms with Crippen molar-refractivity contribution in [3.63, 3.8) is 0 Å². The zero-order chi connectivity index (χ0) is 12.0. The van der Waals surface area contributed by atoms with E-state index in [2.05, 4.69) is 11.8 Å². The maximum Gasteiger partial charge on any atom is 0.315 e. The third kappa shape index (κ3) is 3.04. The molecule has 1 aromatic rings. The van der Waals surface area contributed by atoms with Crippen molar-refractivity contribution < 1.29 is 14.6 Å². The molecular formula is C12H9NO3. The van der Waals surface area contributed by atoms with Crippen molar-refractivity contribution in [3.8, 4) is 23.7 Å². The molecule has 0 atom stereocenters. The smallest absolute Gasteiger partial charge is 0.315 e. The highest BCUT2D eigenvalue weighted by atomic mass is 16.5. The van der Waals surface area contributed by atoms with E-state index in [0.29, 0.717) is 16.9 Å². The van der Waals surface area contributed by atoms with Crippen LogP contribution in [-0.2, 0) is 4.79 Å². The van der Waals surface area contributed by atoms with Gasteiger partial charge in [0.1, 0.15) is 18.2 Å². The van der Waals surface area contributed by atoms with E-state index in [-0.39, 0.29) is 6.42 Å². The quantitative estimate of drug-likeness (QED) is 0.757. The second-order valence-electron chi connectivity index (χ2n) is 2.90. The zero-order valence-electron chi connectivity index (χ0n) is 8.65. The molecular weight excluding hydrogens is 206 g/mol. The van der Waals surface area contributed by atoms with Gasteiger partial charge in [-0.15, -0.1) is 0 Å². The summed E-state index contributed by atoms with van der Waals surface area (Å²) in [5.74, 6) is 4.70. The first kappa shape index (κ1) is 11.6. The third-order valence-corrected chi connectivity index (χ3v) is 1.81. The SMILES string of the molecule is COc1ccc(C#N)c(C#CCC(=O)O)c1. The minimum Gasteiger partial charge on any atom is -0.497 e. The fraction of sp³-hybridized carbons (Fsp3) is 0.167. The van der Waals surface area contributed by atoms with E-state index in [1.54, 1.807) is 18.2 Å². The number of carbonyl (C=O) groups is 1. The predicted octanol–water partition coefficient (Wildman–Crippen LogP) is 1.39. The second kappa shape index (κ2) is 5.43. The van der Waals surface area contributed by atoms with Crippen LogP contribution in [0, 0.1) is 23.2 Å². The normalized spacial score (nSPS) is 8.50. The van der Waals surface area contributed by atoms with Gasteiger partial charge in [0.15, 0.2) is 0 Å². The molecule has 1 rings (SSSR count). The Kier molecular flexibility index (Phi) is 3.94. The lowest BCUT2D eigenvalue weighted by Gasteiger charge is -2.00. The third-order valence-electron chi connectivity index (χ3n) is 1.81. The number of carboxylic acid groups (broad SMARTS) is 1. The van der Waals surface area contributed by atoms with Crippen LogP contribution < -0.4 is 4.74 Å². The van der Waals surface area contributed by atoms with Crippen molar-refractivity contribution in [3.05, 3.63) is 29.3 Å². The Labute approximate surface area is 93.1 Å². The number of aliphatic carboxylic acids is 1. The van der Waals surface area contributed by atoms with Gasteiger partial charge in [0.05, 0.1) is 12.7 Å². The van der Waals surface area contributed by atoms with Gasteiger partial charge in [-0.2, -0.15) is 5.26 Å². The molecule has 0 saturated carbocycles. The van der Waals surface area contributed by atoms with Gasteiger partial charge in [0.2, 0.25) is 0 Å². The molecule has 16 heavy (non-hydrogen) atoms. The molecule has 0 aliphatic carbocycles. The lowest BCUT2D eigenvalue weighted by molar-refractivity contribution is -0.135. The summed E-state index contributed by atoms with van der Waals surface area (Å²) in [6.07, 6.45) is -0.248. The summed E-state index contributed by atoms with van der Waals surface area (Å²) >= 11 is 0. The molecule has 0 aliphatic heterocycles. The number of rotatable bonds is 2. The summed E-state index contributed by atoms with van der Waals surface area (Å²) < 4.78 is 4.99. The van der Waals surface area contributed by atoms with Crippen molar-refractivity contribution >= 4 is 5.97 Å². The molecule has 0 saturated heterocycles. The van der Waals surface area contributed by atoms with Crippen LogP contribution in [-0.4, -0.2) is 18.2 Å². The van der Waals surface area contributed by atoms with Gasteiger partial charge in [-0.05, 0) is 18.2 Å². The number of nitrogens with zero attached hydrogens (tertiary/aromatic N) is 1. The molecule has 4 heteroatoms. The van der Waals surface area contributed by atoms with Crippen LogP contribution >= 0.6 is 0 Å². The van der Waals surface area contributed by atoms with Gasteiger partial charge < -0.3 is 9.84 Å². The number of benzene rings is 1. The van der Waals surface area contributed by atoms with E-state index < -0.39 is 5.97 Å². The molecule has 0 aromatic heterocycles. The molecule has 0 spiro atoms. The average Bonchev–Trinajstić information content (AvgIpc) is 2.28. The maximum absolute atomic E-state index is 10.3. The molecule has 0 amide bonds. The Balaban J connectivity index is 3.04. The van der Waals surface area contributed by atoms with Gasteiger partial charge in [0.25, 0.3) is 0 Å². The van der Waals surface area contributed by atoms with Gasteiger partial charge in [0, 0.05) is 5.56 Å². The molecule has 4 nitrogen and oxygen atoms in total. The summed E-state index contributed by atoms with van der Waals surface area (Å²) in [7, 11) is 1.51. The Hall–Kier alpha value is -2.46. The minimum atomic E-state index is -0.992. The number of methoxy groups -OCH3 is 1. The molecule has 0 unspecified atom stereocenters. The first-order valence-electron chi connectivity index (χ1n) is 4.46. The lowest BCUT2D eigenvalue weighted by Crippen LogP contribution is -1.91. The summed E-state index contributed by atoms with van der Waals surface area (Å²) in [4.78, 5) is 10.3. The van der Waals surface area contributed by atoms with E-state index in [4.69, 9.17) is 15.1 Å². The second-order valence-corrected chi connectivity index (χ2v) is 2.90. The first-order chi connectivity index (χ1) is 7.67. The van der Waals surface area contributed by atoms with Crippen molar-refractivity contribution in [2.24, 2.45) is 0 Å². The fourth-order valence-corrected chi connectivity index (χ4v) is 1.07. The van der Waals surface area contributed by atoms with Gasteiger partial charge in [-0.1, -0.05) is 11.8 Å². The van der Waals surface area contributed by atoms with Crippen molar-refractivity contribution in [2.75, 3.05) is 7.11 Å². The van der Waals surface area contributed by atoms with Crippen LogP contribution in [0.15, 0.2) is 18.2 Å². The highest BCUT2D eigenvalue weighted by molar-refractivity contribution is 5.70. The molecule has 0 aliphatic rings. The molecule has 0 fully saturated rings. The predicted molar refractivity (Wildman–Crippen MR) is 56.8 cm³/mol. The van der Waals surface area contributed by atoms with Gasteiger partial charge in [-0.25, -0.2) is 0 Å². The molecule has 80 valence electrons.